The predicted molar refractivity (Wildman–Crippen MR) is 83.6 cm³/mol. The Labute approximate surface area is 129 Å². The Balaban J connectivity index is 2.21. The monoisotopic (exact) mass is 385 g/mol. The molecule has 0 bridgehead atoms. The zero-order valence-corrected chi connectivity index (χ0v) is 13.5. The van der Waals surface area contributed by atoms with Crippen LogP contribution in [-0.4, -0.2) is 7.11 Å². The highest BCUT2D eigenvalue weighted by molar-refractivity contribution is 9.10. The number of methoxy groups -OCH3 is 1. The predicted octanol–water partition coefficient (Wildman–Crippen LogP) is 4.38. The van der Waals surface area contributed by atoms with Crippen molar-refractivity contribution in [2.75, 3.05) is 12.8 Å². The van der Waals surface area contributed by atoms with E-state index in [4.69, 9.17) is 15.2 Å². The lowest BCUT2D eigenvalue weighted by Crippen LogP contribution is -2.01. The number of hydrogen-bond acceptors (Lipinski definition) is 3. The smallest absolute Gasteiger partial charge is 0.156 e. The number of rotatable bonds is 4. The second kappa shape index (κ2) is 6.30. The minimum absolute atomic E-state index is 0.384. The quantitative estimate of drug-likeness (QED) is 0.793. The van der Waals surface area contributed by atoms with Gasteiger partial charge in [0, 0.05) is 10.0 Å². The summed E-state index contributed by atoms with van der Waals surface area (Å²) in [5.74, 6) is 1.43. The van der Waals surface area contributed by atoms with E-state index in [1.807, 2.05) is 30.3 Å². The molecule has 0 aromatic heterocycles. The summed E-state index contributed by atoms with van der Waals surface area (Å²) in [5, 5.41) is 0. The van der Waals surface area contributed by atoms with Gasteiger partial charge in [-0.25, -0.2) is 0 Å². The van der Waals surface area contributed by atoms with Crippen molar-refractivity contribution in [2.45, 2.75) is 6.61 Å². The fraction of sp³-hybridized carbons (Fsp3) is 0.143. The summed E-state index contributed by atoms with van der Waals surface area (Å²) in [7, 11) is 1.64. The van der Waals surface area contributed by atoms with Gasteiger partial charge in [0.1, 0.15) is 12.4 Å². The van der Waals surface area contributed by atoms with E-state index in [2.05, 4.69) is 31.9 Å². The number of benzene rings is 2. The van der Waals surface area contributed by atoms with E-state index in [-0.39, 0.29) is 0 Å². The maximum atomic E-state index is 5.89. The first-order valence-corrected chi connectivity index (χ1v) is 7.19. The molecule has 0 saturated heterocycles. The van der Waals surface area contributed by atoms with Crippen LogP contribution in [0.2, 0.25) is 0 Å². The molecular weight excluding hydrogens is 374 g/mol. The van der Waals surface area contributed by atoms with E-state index in [0.29, 0.717) is 18.0 Å². The number of ether oxygens (including phenoxy) is 2. The number of hydrogen-bond donors (Lipinski definition) is 1. The largest absolute Gasteiger partial charge is 0.496 e. The number of para-hydroxylation sites is 1. The lowest BCUT2D eigenvalue weighted by atomic mass is 10.2. The van der Waals surface area contributed by atoms with E-state index in [1.165, 1.54) is 0 Å². The fourth-order valence-electron chi connectivity index (χ4n) is 1.69. The molecule has 2 aromatic carbocycles. The minimum Gasteiger partial charge on any atom is -0.496 e. The van der Waals surface area contributed by atoms with Crippen LogP contribution >= 0.6 is 31.9 Å². The molecule has 0 atom stereocenters. The summed E-state index contributed by atoms with van der Waals surface area (Å²) in [6.45, 7) is 0.384. The molecule has 2 N–H and O–H groups in total. The van der Waals surface area contributed by atoms with Crippen LogP contribution in [0.1, 0.15) is 5.56 Å². The highest BCUT2D eigenvalue weighted by Crippen LogP contribution is 2.32. The second-order valence-corrected chi connectivity index (χ2v) is 5.67. The number of anilines is 1. The molecule has 0 aliphatic carbocycles. The van der Waals surface area contributed by atoms with Gasteiger partial charge in [-0.15, -0.1) is 0 Å². The van der Waals surface area contributed by atoms with Gasteiger partial charge in [0.15, 0.2) is 5.75 Å². The topological polar surface area (TPSA) is 44.5 Å². The zero-order chi connectivity index (χ0) is 13.8. The maximum absolute atomic E-state index is 5.89. The van der Waals surface area contributed by atoms with Crippen LogP contribution < -0.4 is 15.2 Å². The molecule has 5 heteroatoms. The van der Waals surface area contributed by atoms with Gasteiger partial charge in [0.05, 0.1) is 17.3 Å². The van der Waals surface area contributed by atoms with Crippen LogP contribution in [0.4, 0.5) is 5.69 Å². The van der Waals surface area contributed by atoms with Gasteiger partial charge in [0.2, 0.25) is 0 Å². The Hall–Kier alpha value is -1.20. The van der Waals surface area contributed by atoms with E-state index < -0.39 is 0 Å². The minimum atomic E-state index is 0.384. The Bertz CT molecular complexity index is 567. The van der Waals surface area contributed by atoms with Crippen molar-refractivity contribution < 1.29 is 9.47 Å². The highest BCUT2D eigenvalue weighted by atomic mass is 79.9. The average molecular weight is 387 g/mol. The first-order valence-electron chi connectivity index (χ1n) is 5.61. The molecule has 0 radical (unpaired) electrons. The highest BCUT2D eigenvalue weighted by Gasteiger charge is 2.08. The van der Waals surface area contributed by atoms with Crippen molar-refractivity contribution in [3.63, 3.8) is 0 Å². The molecule has 0 spiro atoms. The van der Waals surface area contributed by atoms with Crippen LogP contribution in [-0.2, 0) is 6.61 Å². The molecule has 0 aliphatic heterocycles. The van der Waals surface area contributed by atoms with Gasteiger partial charge in [0.25, 0.3) is 0 Å². The van der Waals surface area contributed by atoms with Crippen LogP contribution in [0.5, 0.6) is 11.5 Å². The van der Waals surface area contributed by atoms with Crippen LogP contribution in [0, 0.1) is 0 Å². The maximum Gasteiger partial charge on any atom is 0.156 e. The summed E-state index contributed by atoms with van der Waals surface area (Å²) in [5.41, 5.74) is 7.44. The number of halogens is 2. The van der Waals surface area contributed by atoms with Crippen molar-refractivity contribution >= 4 is 37.5 Å². The molecule has 0 fully saturated rings. The lowest BCUT2D eigenvalue weighted by molar-refractivity contribution is 0.296. The van der Waals surface area contributed by atoms with Gasteiger partial charge in [-0.2, -0.15) is 0 Å². The molecule has 2 aromatic rings. The van der Waals surface area contributed by atoms with E-state index in [1.54, 1.807) is 13.2 Å². The molecule has 0 aliphatic rings. The van der Waals surface area contributed by atoms with E-state index in [0.717, 1.165) is 20.3 Å². The fourth-order valence-corrected chi connectivity index (χ4v) is 2.59. The van der Waals surface area contributed by atoms with Crippen molar-refractivity contribution in [2.24, 2.45) is 0 Å². The molecule has 3 nitrogen and oxygen atoms in total. The molecule has 0 saturated carbocycles. The van der Waals surface area contributed by atoms with Crippen molar-refractivity contribution in [1.29, 1.82) is 0 Å². The molecule has 0 amide bonds. The van der Waals surface area contributed by atoms with Gasteiger partial charge in [-0.1, -0.05) is 22.0 Å². The first kappa shape index (κ1) is 14.2. The van der Waals surface area contributed by atoms with Crippen molar-refractivity contribution in [1.82, 2.24) is 0 Å². The number of nitrogen functional groups attached to an aromatic ring is 1. The molecule has 0 unspecified atom stereocenters. The summed E-state index contributed by atoms with van der Waals surface area (Å²) >= 11 is 6.86. The number of nitrogens with two attached hydrogens (primary N) is 1. The summed E-state index contributed by atoms with van der Waals surface area (Å²) in [6.07, 6.45) is 0. The van der Waals surface area contributed by atoms with Crippen LogP contribution in [0.25, 0.3) is 0 Å². The second-order valence-electron chi connectivity index (χ2n) is 3.90. The molecular formula is C14H13Br2NO2. The Kier molecular flexibility index (Phi) is 4.71. The Morgan fingerprint density at radius 1 is 1.16 bits per heavy atom. The summed E-state index contributed by atoms with van der Waals surface area (Å²) in [6, 6.07) is 11.3. The molecule has 2 rings (SSSR count). The summed E-state index contributed by atoms with van der Waals surface area (Å²) in [4.78, 5) is 0. The van der Waals surface area contributed by atoms with Crippen LogP contribution in [0.3, 0.4) is 0 Å². The summed E-state index contributed by atoms with van der Waals surface area (Å²) < 4.78 is 12.9. The first-order chi connectivity index (χ1) is 9.11. The Morgan fingerprint density at radius 2 is 1.95 bits per heavy atom. The Morgan fingerprint density at radius 3 is 2.63 bits per heavy atom. The van der Waals surface area contributed by atoms with Crippen molar-refractivity contribution in [3.05, 3.63) is 50.9 Å². The third kappa shape index (κ3) is 3.42. The van der Waals surface area contributed by atoms with Gasteiger partial charge >= 0.3 is 0 Å². The van der Waals surface area contributed by atoms with E-state index >= 15 is 0 Å². The zero-order valence-electron chi connectivity index (χ0n) is 10.3. The third-order valence-electron chi connectivity index (χ3n) is 2.61. The van der Waals surface area contributed by atoms with Crippen molar-refractivity contribution in [3.8, 4) is 11.5 Å². The average Bonchev–Trinajstić information content (AvgIpc) is 2.38. The van der Waals surface area contributed by atoms with Gasteiger partial charge in [-0.05, 0) is 46.3 Å². The van der Waals surface area contributed by atoms with E-state index in [9.17, 15) is 0 Å². The van der Waals surface area contributed by atoms with Gasteiger partial charge in [-0.3, -0.25) is 0 Å². The normalized spacial score (nSPS) is 10.3. The van der Waals surface area contributed by atoms with Crippen LogP contribution in [0.15, 0.2) is 45.3 Å². The SMILES string of the molecule is COc1ccc(Br)cc1COc1c(N)cccc1Br. The molecule has 100 valence electrons. The van der Waals surface area contributed by atoms with Gasteiger partial charge < -0.3 is 15.2 Å². The third-order valence-corrected chi connectivity index (χ3v) is 3.73. The standard InChI is InChI=1S/C14H13Br2NO2/c1-18-13-6-5-10(15)7-9(13)8-19-14-11(16)3-2-4-12(14)17/h2-7H,8,17H2,1H3. The molecule has 19 heavy (non-hydrogen) atoms. The lowest BCUT2D eigenvalue weighted by Gasteiger charge is -2.13. The molecule has 0 heterocycles.